The summed E-state index contributed by atoms with van der Waals surface area (Å²) in [6, 6.07) is 11.2. The number of benzene rings is 1. The third-order valence-corrected chi connectivity index (χ3v) is 4.94. The van der Waals surface area contributed by atoms with Gasteiger partial charge in [0.05, 0.1) is 25.5 Å². The van der Waals surface area contributed by atoms with Crippen LogP contribution in [0.15, 0.2) is 41.8 Å². The number of likely N-dealkylation sites (N-methyl/N-ethyl adjacent to an activating group) is 1. The van der Waals surface area contributed by atoms with E-state index in [9.17, 15) is 9.59 Å². The Morgan fingerprint density at radius 1 is 1.20 bits per heavy atom. The van der Waals surface area contributed by atoms with E-state index in [4.69, 9.17) is 4.74 Å². The molecule has 134 valence electrons. The lowest BCUT2D eigenvalue weighted by molar-refractivity contribution is -0.890. The van der Waals surface area contributed by atoms with Gasteiger partial charge in [0, 0.05) is 12.0 Å². The fourth-order valence-electron chi connectivity index (χ4n) is 2.44. The van der Waals surface area contributed by atoms with Gasteiger partial charge in [-0.15, -0.1) is 11.3 Å². The highest BCUT2D eigenvalue weighted by Gasteiger charge is 2.19. The first-order valence-electron chi connectivity index (χ1n) is 8.37. The molecule has 2 rings (SSSR count). The summed E-state index contributed by atoms with van der Waals surface area (Å²) in [5.41, 5.74) is 0.659. The molecular formula is C19H25N2O3S+. The Morgan fingerprint density at radius 2 is 1.92 bits per heavy atom. The van der Waals surface area contributed by atoms with Gasteiger partial charge in [-0.25, -0.2) is 0 Å². The predicted molar refractivity (Wildman–Crippen MR) is 99.4 cm³/mol. The Morgan fingerprint density at radius 3 is 2.48 bits per heavy atom. The molecule has 1 aromatic heterocycles. The van der Waals surface area contributed by atoms with Crippen LogP contribution in [0, 0.1) is 0 Å². The molecule has 5 nitrogen and oxygen atoms in total. The van der Waals surface area contributed by atoms with Gasteiger partial charge in [-0.3, -0.25) is 9.59 Å². The molecule has 1 atom stereocenters. The van der Waals surface area contributed by atoms with Crippen LogP contribution < -0.4 is 15.0 Å². The number of carbonyl (C=O) groups excluding carboxylic acids is 2. The molecule has 2 aromatic rings. The lowest BCUT2D eigenvalue weighted by Gasteiger charge is -2.20. The average molecular weight is 361 g/mol. The number of amides is 1. The summed E-state index contributed by atoms with van der Waals surface area (Å²) < 4.78 is 5.49. The predicted octanol–water partition coefficient (Wildman–Crippen LogP) is 1.72. The second-order valence-electron chi connectivity index (χ2n) is 6.04. The number of ketones is 1. The van der Waals surface area contributed by atoms with Crippen LogP contribution in [-0.4, -0.2) is 38.9 Å². The van der Waals surface area contributed by atoms with Crippen LogP contribution in [0.1, 0.15) is 34.6 Å². The van der Waals surface area contributed by atoms with Crippen molar-refractivity contribution in [1.29, 1.82) is 0 Å². The van der Waals surface area contributed by atoms with E-state index in [0.29, 0.717) is 24.3 Å². The van der Waals surface area contributed by atoms with Crippen molar-refractivity contribution in [2.75, 3.05) is 27.2 Å². The Hall–Kier alpha value is -2.18. The summed E-state index contributed by atoms with van der Waals surface area (Å²) in [5, 5.41) is 4.97. The van der Waals surface area contributed by atoms with Crippen molar-refractivity contribution >= 4 is 23.0 Å². The lowest BCUT2D eigenvalue weighted by Crippen LogP contribution is -3.06. The van der Waals surface area contributed by atoms with Gasteiger partial charge < -0.3 is 15.0 Å². The number of ether oxygens (including phenoxy) is 1. The number of Topliss-reactive ketones (excluding diaryl/α,β-unsaturated/α-hetero) is 1. The molecule has 1 heterocycles. The minimum atomic E-state index is -0.156. The monoisotopic (exact) mass is 361 g/mol. The Labute approximate surface area is 152 Å². The average Bonchev–Trinajstić information content (AvgIpc) is 3.14. The first-order valence-corrected chi connectivity index (χ1v) is 9.25. The third-order valence-electron chi connectivity index (χ3n) is 3.95. The van der Waals surface area contributed by atoms with Gasteiger partial charge in [-0.1, -0.05) is 13.0 Å². The molecule has 0 bridgehead atoms. The summed E-state index contributed by atoms with van der Waals surface area (Å²) in [6.07, 6.45) is 0.474. The summed E-state index contributed by atoms with van der Waals surface area (Å²) in [4.78, 5) is 26.1. The van der Waals surface area contributed by atoms with Crippen molar-refractivity contribution in [3.8, 4) is 5.75 Å². The van der Waals surface area contributed by atoms with E-state index in [-0.39, 0.29) is 24.3 Å². The van der Waals surface area contributed by atoms with Crippen LogP contribution >= 0.6 is 11.3 Å². The van der Waals surface area contributed by atoms with E-state index in [0.717, 1.165) is 0 Å². The molecule has 6 heteroatoms. The Kier molecular flexibility index (Phi) is 7.16. The number of hydrogen-bond donors (Lipinski definition) is 2. The molecule has 25 heavy (non-hydrogen) atoms. The third kappa shape index (κ3) is 5.69. The quantitative estimate of drug-likeness (QED) is 0.669. The molecule has 1 amide bonds. The number of carbonyl (C=O) groups is 2. The fraction of sp³-hybridized carbons (Fsp3) is 0.368. The highest BCUT2D eigenvalue weighted by molar-refractivity contribution is 7.10. The van der Waals surface area contributed by atoms with Crippen LogP contribution in [0.2, 0.25) is 0 Å². The topological polar surface area (TPSA) is 59.8 Å². The molecule has 0 saturated carbocycles. The van der Waals surface area contributed by atoms with Gasteiger partial charge >= 0.3 is 0 Å². The van der Waals surface area contributed by atoms with Gasteiger partial charge in [0.15, 0.2) is 12.4 Å². The number of thiophene rings is 1. The Balaban J connectivity index is 1.81. The van der Waals surface area contributed by atoms with E-state index in [1.807, 2.05) is 18.4 Å². The largest absolute Gasteiger partial charge is 0.484 e. The zero-order chi connectivity index (χ0) is 18.2. The van der Waals surface area contributed by atoms with Crippen molar-refractivity contribution in [2.45, 2.75) is 19.4 Å². The van der Waals surface area contributed by atoms with Crippen LogP contribution in [0.3, 0.4) is 0 Å². The van der Waals surface area contributed by atoms with Gasteiger partial charge in [-0.2, -0.15) is 0 Å². The standard InChI is InChI=1S/C19H24N2O3S/c1-4-17(22)14-7-9-15(10-8-14)24-13-19(23)20-12-16(21(2)3)18-6-5-11-25-18/h5-11,16H,4,12-13H2,1-3H3,(H,20,23)/p+1/t16-/m1/s1. The van der Waals surface area contributed by atoms with E-state index in [1.54, 1.807) is 35.6 Å². The highest BCUT2D eigenvalue weighted by atomic mass is 32.1. The summed E-state index contributed by atoms with van der Waals surface area (Å²) in [5.74, 6) is 0.516. The molecule has 0 aliphatic heterocycles. The van der Waals surface area contributed by atoms with Crippen molar-refractivity contribution in [3.05, 3.63) is 52.2 Å². The molecule has 0 aliphatic carbocycles. The van der Waals surface area contributed by atoms with E-state index in [2.05, 4.69) is 25.5 Å². The van der Waals surface area contributed by atoms with E-state index in [1.165, 1.54) is 9.78 Å². The normalized spacial score (nSPS) is 12.0. The van der Waals surface area contributed by atoms with E-state index < -0.39 is 0 Å². The molecular weight excluding hydrogens is 336 g/mol. The number of rotatable bonds is 9. The minimum Gasteiger partial charge on any atom is -0.484 e. The highest BCUT2D eigenvalue weighted by Crippen LogP contribution is 2.16. The van der Waals surface area contributed by atoms with Gasteiger partial charge in [-0.05, 0) is 35.7 Å². The number of nitrogens with one attached hydrogen (secondary N) is 2. The van der Waals surface area contributed by atoms with Crippen molar-refractivity contribution in [3.63, 3.8) is 0 Å². The van der Waals surface area contributed by atoms with Crippen LogP contribution in [-0.2, 0) is 4.79 Å². The SMILES string of the molecule is CCC(=O)c1ccc(OCC(=O)NC[C@H](c2cccs2)[NH+](C)C)cc1. The smallest absolute Gasteiger partial charge is 0.258 e. The first-order chi connectivity index (χ1) is 12.0. The fourth-order valence-corrected chi connectivity index (χ4v) is 3.39. The summed E-state index contributed by atoms with van der Waals surface area (Å²) in [6.45, 7) is 2.35. The molecule has 2 N–H and O–H groups in total. The van der Waals surface area contributed by atoms with Crippen molar-refractivity contribution < 1.29 is 19.2 Å². The van der Waals surface area contributed by atoms with Gasteiger partial charge in [0.2, 0.25) is 0 Å². The maximum absolute atomic E-state index is 12.0. The second kappa shape index (κ2) is 9.34. The molecule has 0 fully saturated rings. The number of hydrogen-bond acceptors (Lipinski definition) is 4. The molecule has 0 saturated heterocycles. The minimum absolute atomic E-state index is 0.0407. The zero-order valence-corrected chi connectivity index (χ0v) is 15.7. The Bertz CT molecular complexity index is 681. The maximum Gasteiger partial charge on any atom is 0.258 e. The van der Waals surface area contributed by atoms with Crippen molar-refractivity contribution in [2.24, 2.45) is 0 Å². The van der Waals surface area contributed by atoms with Gasteiger partial charge in [0.25, 0.3) is 5.91 Å². The van der Waals surface area contributed by atoms with Crippen LogP contribution in [0.4, 0.5) is 0 Å². The maximum atomic E-state index is 12.0. The zero-order valence-electron chi connectivity index (χ0n) is 14.9. The lowest BCUT2D eigenvalue weighted by atomic mass is 10.1. The van der Waals surface area contributed by atoms with Gasteiger partial charge in [0.1, 0.15) is 11.8 Å². The van der Waals surface area contributed by atoms with Crippen LogP contribution in [0.5, 0.6) is 5.75 Å². The molecule has 0 aliphatic rings. The summed E-state index contributed by atoms with van der Waals surface area (Å²) in [7, 11) is 4.15. The molecule has 0 radical (unpaired) electrons. The number of quaternary nitrogens is 1. The first kappa shape index (κ1) is 19.1. The molecule has 1 aromatic carbocycles. The second-order valence-corrected chi connectivity index (χ2v) is 7.02. The van der Waals surface area contributed by atoms with Crippen LogP contribution in [0.25, 0.3) is 0 Å². The summed E-state index contributed by atoms with van der Waals surface area (Å²) >= 11 is 1.70. The van der Waals surface area contributed by atoms with Crippen molar-refractivity contribution in [1.82, 2.24) is 5.32 Å². The molecule has 0 unspecified atom stereocenters. The van der Waals surface area contributed by atoms with E-state index >= 15 is 0 Å². The molecule has 0 spiro atoms.